The highest BCUT2D eigenvalue weighted by Gasteiger charge is 2.24. The Kier molecular flexibility index (Phi) is 5.04. The van der Waals surface area contributed by atoms with Gasteiger partial charge in [-0.2, -0.15) is 0 Å². The molecule has 0 aliphatic carbocycles. The van der Waals surface area contributed by atoms with Crippen LogP contribution in [0.5, 0.6) is 0 Å². The van der Waals surface area contributed by atoms with E-state index in [0.717, 1.165) is 6.42 Å². The van der Waals surface area contributed by atoms with Crippen molar-refractivity contribution < 1.29 is 9.59 Å². The minimum Gasteiger partial charge on any atom is -0.299 e. The fourth-order valence-corrected chi connectivity index (χ4v) is 1.75. The van der Waals surface area contributed by atoms with E-state index in [1.807, 2.05) is 45.0 Å². The molecule has 1 unspecified atom stereocenters. The van der Waals surface area contributed by atoms with Crippen molar-refractivity contribution >= 4 is 11.6 Å². The Balaban J connectivity index is 2.76. The van der Waals surface area contributed by atoms with Crippen molar-refractivity contribution in [2.45, 2.75) is 53.4 Å². The van der Waals surface area contributed by atoms with Crippen molar-refractivity contribution in [2.24, 2.45) is 5.41 Å². The fourth-order valence-electron chi connectivity index (χ4n) is 1.75. The lowest BCUT2D eigenvalue weighted by Gasteiger charge is -2.16. The van der Waals surface area contributed by atoms with Crippen LogP contribution in [-0.4, -0.2) is 11.6 Å². The van der Waals surface area contributed by atoms with Crippen molar-refractivity contribution in [3.05, 3.63) is 35.4 Å². The zero-order valence-electron chi connectivity index (χ0n) is 12.6. The molecule has 0 saturated carbocycles. The van der Waals surface area contributed by atoms with Crippen molar-refractivity contribution in [1.82, 2.24) is 0 Å². The summed E-state index contributed by atoms with van der Waals surface area (Å²) in [5.74, 6) is 0.402. The van der Waals surface area contributed by atoms with E-state index >= 15 is 0 Å². The SMILES string of the molecule is CCC(C)c1ccc(C(=O)CC(=O)C(C)(C)C)cc1. The molecule has 1 atom stereocenters. The lowest BCUT2D eigenvalue weighted by atomic mass is 9.87. The van der Waals surface area contributed by atoms with Gasteiger partial charge >= 0.3 is 0 Å². The predicted molar refractivity (Wildman–Crippen MR) is 78.6 cm³/mol. The van der Waals surface area contributed by atoms with E-state index in [1.165, 1.54) is 5.56 Å². The molecule has 0 fully saturated rings. The molecule has 104 valence electrons. The molecule has 1 aromatic carbocycles. The van der Waals surface area contributed by atoms with Crippen LogP contribution in [0.1, 0.15) is 69.3 Å². The second-order valence-electron chi connectivity index (χ2n) is 6.20. The highest BCUT2D eigenvalue weighted by atomic mass is 16.1. The molecule has 0 heterocycles. The summed E-state index contributed by atoms with van der Waals surface area (Å²) in [5, 5.41) is 0. The van der Waals surface area contributed by atoms with Crippen molar-refractivity contribution in [1.29, 1.82) is 0 Å². The Morgan fingerprint density at radius 3 is 2.05 bits per heavy atom. The summed E-state index contributed by atoms with van der Waals surface area (Å²) in [6, 6.07) is 7.64. The quantitative estimate of drug-likeness (QED) is 0.581. The molecule has 0 amide bonds. The molecule has 19 heavy (non-hydrogen) atoms. The van der Waals surface area contributed by atoms with Gasteiger partial charge in [-0.1, -0.05) is 58.9 Å². The summed E-state index contributed by atoms with van der Waals surface area (Å²) in [5.41, 5.74) is 1.41. The largest absolute Gasteiger partial charge is 0.299 e. The van der Waals surface area contributed by atoms with Gasteiger partial charge in [-0.15, -0.1) is 0 Å². The average molecular weight is 260 g/mol. The van der Waals surface area contributed by atoms with Gasteiger partial charge in [0.15, 0.2) is 5.78 Å². The first-order valence-electron chi connectivity index (χ1n) is 6.92. The van der Waals surface area contributed by atoms with Gasteiger partial charge in [-0.05, 0) is 17.9 Å². The minimum absolute atomic E-state index is 0.00776. The number of benzene rings is 1. The molecular weight excluding hydrogens is 236 g/mol. The van der Waals surface area contributed by atoms with Crippen LogP contribution in [-0.2, 0) is 4.79 Å². The number of hydrogen-bond donors (Lipinski definition) is 0. The predicted octanol–water partition coefficient (Wildman–Crippen LogP) is 4.39. The molecule has 0 bridgehead atoms. The molecule has 0 spiro atoms. The van der Waals surface area contributed by atoms with Crippen LogP contribution < -0.4 is 0 Å². The lowest BCUT2D eigenvalue weighted by Crippen LogP contribution is -2.23. The lowest BCUT2D eigenvalue weighted by molar-refractivity contribution is -0.125. The Morgan fingerprint density at radius 1 is 1.11 bits per heavy atom. The van der Waals surface area contributed by atoms with Crippen molar-refractivity contribution in [3.63, 3.8) is 0 Å². The molecule has 0 aromatic heterocycles. The molecule has 0 aliphatic heterocycles. The van der Waals surface area contributed by atoms with E-state index < -0.39 is 5.41 Å². The minimum atomic E-state index is -0.452. The maximum absolute atomic E-state index is 12.0. The number of ketones is 2. The highest BCUT2D eigenvalue weighted by molar-refractivity contribution is 6.09. The Morgan fingerprint density at radius 2 is 1.63 bits per heavy atom. The Hall–Kier alpha value is -1.44. The van der Waals surface area contributed by atoms with Gasteiger partial charge < -0.3 is 0 Å². The third-order valence-electron chi connectivity index (χ3n) is 3.57. The smallest absolute Gasteiger partial charge is 0.170 e. The van der Waals surface area contributed by atoms with E-state index in [4.69, 9.17) is 0 Å². The number of carbonyl (C=O) groups excluding carboxylic acids is 2. The van der Waals surface area contributed by atoms with E-state index in [1.54, 1.807) is 0 Å². The maximum Gasteiger partial charge on any atom is 0.170 e. The number of rotatable bonds is 5. The van der Waals surface area contributed by atoms with Crippen molar-refractivity contribution in [3.8, 4) is 0 Å². The standard InChI is InChI=1S/C17H24O2/c1-6-12(2)13-7-9-14(10-8-13)15(18)11-16(19)17(3,4)5/h7-10,12H,6,11H2,1-5H3. The van der Waals surface area contributed by atoms with Crippen LogP contribution in [0, 0.1) is 5.41 Å². The van der Waals surface area contributed by atoms with Crippen LogP contribution in [0.25, 0.3) is 0 Å². The van der Waals surface area contributed by atoms with E-state index in [2.05, 4.69) is 13.8 Å². The normalized spacial score (nSPS) is 13.1. The summed E-state index contributed by atoms with van der Waals surface area (Å²) in [7, 11) is 0. The molecule has 2 heteroatoms. The molecule has 1 aromatic rings. The van der Waals surface area contributed by atoms with Gasteiger partial charge in [0.2, 0.25) is 0 Å². The molecular formula is C17H24O2. The topological polar surface area (TPSA) is 34.1 Å². The monoisotopic (exact) mass is 260 g/mol. The third-order valence-corrected chi connectivity index (χ3v) is 3.57. The van der Waals surface area contributed by atoms with Crippen LogP contribution in [0.3, 0.4) is 0 Å². The van der Waals surface area contributed by atoms with Gasteiger partial charge in [-0.3, -0.25) is 9.59 Å². The first-order chi connectivity index (χ1) is 8.75. The molecule has 0 saturated heterocycles. The first-order valence-corrected chi connectivity index (χ1v) is 6.92. The fraction of sp³-hybridized carbons (Fsp3) is 0.529. The zero-order chi connectivity index (χ0) is 14.6. The average Bonchev–Trinajstić information content (AvgIpc) is 2.36. The van der Waals surface area contributed by atoms with Crippen LogP contribution >= 0.6 is 0 Å². The van der Waals surface area contributed by atoms with Gasteiger partial charge in [0.05, 0.1) is 6.42 Å². The van der Waals surface area contributed by atoms with Crippen LogP contribution in [0.2, 0.25) is 0 Å². The van der Waals surface area contributed by atoms with Gasteiger partial charge in [0.25, 0.3) is 0 Å². The zero-order valence-corrected chi connectivity index (χ0v) is 12.6. The highest BCUT2D eigenvalue weighted by Crippen LogP contribution is 2.21. The second-order valence-corrected chi connectivity index (χ2v) is 6.20. The van der Waals surface area contributed by atoms with E-state index in [0.29, 0.717) is 11.5 Å². The number of hydrogen-bond acceptors (Lipinski definition) is 2. The third kappa shape index (κ3) is 4.30. The summed E-state index contributed by atoms with van der Waals surface area (Å²) in [6.45, 7) is 9.84. The summed E-state index contributed by atoms with van der Waals surface area (Å²) in [4.78, 5) is 23.9. The summed E-state index contributed by atoms with van der Waals surface area (Å²) < 4.78 is 0. The number of carbonyl (C=O) groups is 2. The Labute approximate surface area is 116 Å². The molecule has 0 radical (unpaired) electrons. The summed E-state index contributed by atoms with van der Waals surface area (Å²) in [6.07, 6.45) is 1.07. The summed E-state index contributed by atoms with van der Waals surface area (Å²) >= 11 is 0. The van der Waals surface area contributed by atoms with Crippen LogP contribution in [0.4, 0.5) is 0 Å². The van der Waals surface area contributed by atoms with Gasteiger partial charge in [0.1, 0.15) is 5.78 Å². The number of Topliss-reactive ketones (excluding diaryl/α,β-unsaturated/α-hetero) is 2. The van der Waals surface area contributed by atoms with Crippen molar-refractivity contribution in [2.75, 3.05) is 0 Å². The molecule has 0 aliphatic rings. The van der Waals surface area contributed by atoms with Crippen LogP contribution in [0.15, 0.2) is 24.3 Å². The van der Waals surface area contributed by atoms with Gasteiger partial charge in [0, 0.05) is 11.0 Å². The van der Waals surface area contributed by atoms with Gasteiger partial charge in [-0.25, -0.2) is 0 Å². The Bertz CT molecular complexity index is 449. The van der Waals surface area contributed by atoms with E-state index in [-0.39, 0.29) is 18.0 Å². The molecule has 2 nitrogen and oxygen atoms in total. The van der Waals surface area contributed by atoms with E-state index in [9.17, 15) is 9.59 Å². The molecule has 1 rings (SSSR count). The first kappa shape index (κ1) is 15.6. The second kappa shape index (κ2) is 6.14. The maximum atomic E-state index is 12.0. The molecule has 0 N–H and O–H groups in total.